The first-order valence-corrected chi connectivity index (χ1v) is 5.37. The second-order valence-corrected chi connectivity index (χ2v) is 4.67. The van der Waals surface area contributed by atoms with E-state index in [4.69, 9.17) is 11.6 Å². The van der Waals surface area contributed by atoms with Gasteiger partial charge in [0, 0.05) is 18.0 Å². The molecule has 0 aliphatic rings. The van der Waals surface area contributed by atoms with Crippen LogP contribution in [0.15, 0.2) is 11.2 Å². The van der Waals surface area contributed by atoms with Crippen molar-refractivity contribution in [2.24, 2.45) is 0 Å². The Balaban J connectivity index is 3.43. The van der Waals surface area contributed by atoms with Crippen LogP contribution in [0.1, 0.15) is 5.56 Å². The molecular formula is C6H7ClN2O2S. The van der Waals surface area contributed by atoms with E-state index < -0.39 is 9.84 Å². The van der Waals surface area contributed by atoms with Crippen molar-refractivity contribution in [1.29, 1.82) is 0 Å². The first-order valence-electron chi connectivity index (χ1n) is 3.10. The van der Waals surface area contributed by atoms with Crippen LogP contribution in [0.5, 0.6) is 0 Å². The van der Waals surface area contributed by atoms with E-state index >= 15 is 0 Å². The normalized spacial score (nSPS) is 11.6. The zero-order chi connectivity index (χ0) is 9.35. The molecule has 1 heterocycles. The molecule has 0 atom stereocenters. The fourth-order valence-electron chi connectivity index (χ4n) is 0.781. The van der Waals surface area contributed by atoms with Crippen molar-refractivity contribution in [3.8, 4) is 0 Å². The molecule has 6 heteroatoms. The number of rotatable bonds is 1. The maximum atomic E-state index is 11.1. The van der Waals surface area contributed by atoms with Gasteiger partial charge in [-0.1, -0.05) is 0 Å². The summed E-state index contributed by atoms with van der Waals surface area (Å²) in [5.74, 6) is 0. The van der Waals surface area contributed by atoms with E-state index in [1.807, 2.05) is 0 Å². The second kappa shape index (κ2) is 2.99. The van der Waals surface area contributed by atoms with Crippen LogP contribution in [-0.2, 0) is 9.84 Å². The average Bonchev–Trinajstić information content (AvgIpc) is 1.92. The Morgan fingerprint density at radius 2 is 2.08 bits per heavy atom. The predicted molar refractivity (Wildman–Crippen MR) is 44.9 cm³/mol. The highest BCUT2D eigenvalue weighted by Gasteiger charge is 2.13. The van der Waals surface area contributed by atoms with Crippen LogP contribution in [0.4, 0.5) is 0 Å². The summed E-state index contributed by atoms with van der Waals surface area (Å²) in [4.78, 5) is 7.25. The molecule has 66 valence electrons. The summed E-state index contributed by atoms with van der Waals surface area (Å²) < 4.78 is 22.1. The Morgan fingerprint density at radius 3 is 2.50 bits per heavy atom. The molecule has 0 amide bonds. The second-order valence-electron chi connectivity index (χ2n) is 2.40. The van der Waals surface area contributed by atoms with Crippen molar-refractivity contribution >= 4 is 21.4 Å². The van der Waals surface area contributed by atoms with E-state index in [0.29, 0.717) is 5.56 Å². The Bertz CT molecular complexity index is 402. The van der Waals surface area contributed by atoms with Gasteiger partial charge >= 0.3 is 0 Å². The monoisotopic (exact) mass is 206 g/mol. The van der Waals surface area contributed by atoms with E-state index in [1.54, 1.807) is 6.92 Å². The molecule has 0 aliphatic heterocycles. The van der Waals surface area contributed by atoms with Crippen LogP contribution < -0.4 is 0 Å². The van der Waals surface area contributed by atoms with Crippen LogP contribution in [-0.4, -0.2) is 24.6 Å². The van der Waals surface area contributed by atoms with Gasteiger partial charge in [0.05, 0.1) is 0 Å². The molecule has 0 aliphatic carbocycles. The van der Waals surface area contributed by atoms with Gasteiger partial charge in [0.25, 0.3) is 0 Å². The maximum absolute atomic E-state index is 11.1. The van der Waals surface area contributed by atoms with Crippen molar-refractivity contribution in [3.63, 3.8) is 0 Å². The molecular weight excluding hydrogens is 200 g/mol. The highest BCUT2D eigenvalue weighted by atomic mass is 35.5. The maximum Gasteiger partial charge on any atom is 0.223 e. The molecule has 4 nitrogen and oxygen atoms in total. The van der Waals surface area contributed by atoms with Crippen molar-refractivity contribution < 1.29 is 8.42 Å². The number of hydrogen-bond acceptors (Lipinski definition) is 4. The zero-order valence-corrected chi connectivity index (χ0v) is 8.15. The molecule has 12 heavy (non-hydrogen) atoms. The van der Waals surface area contributed by atoms with E-state index in [1.165, 1.54) is 6.20 Å². The number of sulfone groups is 1. The molecule has 0 saturated carbocycles. The molecule has 0 N–H and O–H groups in total. The zero-order valence-electron chi connectivity index (χ0n) is 6.57. The van der Waals surface area contributed by atoms with Gasteiger partial charge in [0.15, 0.2) is 14.9 Å². The minimum absolute atomic E-state index is 0.0116. The molecule has 1 aromatic heterocycles. The Kier molecular flexibility index (Phi) is 2.34. The van der Waals surface area contributed by atoms with Gasteiger partial charge in [0.1, 0.15) is 0 Å². The summed E-state index contributed by atoms with van der Waals surface area (Å²) in [5.41, 5.74) is 0.502. The first-order chi connectivity index (χ1) is 5.41. The minimum Gasteiger partial charge on any atom is -0.226 e. The van der Waals surface area contributed by atoms with Gasteiger partial charge in [0.2, 0.25) is 5.28 Å². The van der Waals surface area contributed by atoms with Crippen molar-refractivity contribution in [1.82, 2.24) is 9.97 Å². The third-order valence-corrected chi connectivity index (χ3v) is 2.54. The average molecular weight is 207 g/mol. The Morgan fingerprint density at radius 1 is 1.50 bits per heavy atom. The molecule has 0 saturated heterocycles. The van der Waals surface area contributed by atoms with Gasteiger partial charge in [-0.2, -0.15) is 0 Å². The third kappa shape index (κ3) is 1.92. The molecule has 0 bridgehead atoms. The minimum atomic E-state index is -3.29. The van der Waals surface area contributed by atoms with Gasteiger partial charge in [-0.25, -0.2) is 18.4 Å². The fraction of sp³-hybridized carbons (Fsp3) is 0.333. The lowest BCUT2D eigenvalue weighted by atomic mass is 10.4. The largest absolute Gasteiger partial charge is 0.226 e. The molecule has 0 aromatic carbocycles. The predicted octanol–water partition coefficient (Wildman–Crippen LogP) is 0.842. The van der Waals surface area contributed by atoms with Crippen LogP contribution in [0.25, 0.3) is 0 Å². The van der Waals surface area contributed by atoms with Crippen LogP contribution >= 0.6 is 11.6 Å². The lowest BCUT2D eigenvalue weighted by Gasteiger charge is -2.00. The first kappa shape index (κ1) is 9.41. The van der Waals surface area contributed by atoms with Crippen LogP contribution in [0.2, 0.25) is 5.28 Å². The highest BCUT2D eigenvalue weighted by molar-refractivity contribution is 7.90. The SMILES string of the molecule is Cc1cnc(Cl)nc1S(C)(=O)=O. The van der Waals surface area contributed by atoms with Crippen LogP contribution in [0, 0.1) is 6.92 Å². The van der Waals surface area contributed by atoms with Crippen molar-refractivity contribution in [3.05, 3.63) is 17.0 Å². The van der Waals surface area contributed by atoms with E-state index in [9.17, 15) is 8.42 Å². The van der Waals surface area contributed by atoms with Gasteiger partial charge in [-0.05, 0) is 18.5 Å². The number of halogens is 1. The topological polar surface area (TPSA) is 59.9 Å². The van der Waals surface area contributed by atoms with Crippen LogP contribution in [0.3, 0.4) is 0 Å². The quantitative estimate of drug-likeness (QED) is 0.505. The van der Waals surface area contributed by atoms with E-state index in [0.717, 1.165) is 6.26 Å². The van der Waals surface area contributed by atoms with Crippen molar-refractivity contribution in [2.75, 3.05) is 6.26 Å². The molecule has 0 spiro atoms. The van der Waals surface area contributed by atoms with Gasteiger partial charge in [-0.15, -0.1) is 0 Å². The summed E-state index contributed by atoms with van der Waals surface area (Å²) in [5, 5.41) is -0.0662. The fourth-order valence-corrected chi connectivity index (χ4v) is 1.85. The summed E-state index contributed by atoms with van der Waals surface area (Å²) in [7, 11) is -3.29. The summed E-state index contributed by atoms with van der Waals surface area (Å²) in [6, 6.07) is 0. The third-order valence-electron chi connectivity index (χ3n) is 1.25. The van der Waals surface area contributed by atoms with E-state index in [-0.39, 0.29) is 10.3 Å². The van der Waals surface area contributed by atoms with Gasteiger partial charge in [-0.3, -0.25) is 0 Å². The summed E-state index contributed by atoms with van der Waals surface area (Å²) in [6.07, 6.45) is 2.46. The number of nitrogens with zero attached hydrogens (tertiary/aromatic N) is 2. The molecule has 0 unspecified atom stereocenters. The number of aryl methyl sites for hydroxylation is 1. The molecule has 0 radical (unpaired) electrons. The lowest BCUT2D eigenvalue weighted by molar-refractivity contribution is 0.597. The Hall–Kier alpha value is -0.680. The molecule has 1 rings (SSSR count). The van der Waals surface area contributed by atoms with Gasteiger partial charge < -0.3 is 0 Å². The highest BCUT2D eigenvalue weighted by Crippen LogP contribution is 2.12. The number of hydrogen-bond donors (Lipinski definition) is 0. The molecule has 1 aromatic rings. The summed E-state index contributed by atoms with van der Waals surface area (Å²) >= 11 is 5.44. The standard InChI is InChI=1S/C6H7ClN2O2S/c1-4-3-8-6(7)9-5(4)12(2,10)11/h3H,1-2H3. The number of aromatic nitrogens is 2. The summed E-state index contributed by atoms with van der Waals surface area (Å²) in [6.45, 7) is 1.62. The van der Waals surface area contributed by atoms with Crippen molar-refractivity contribution in [2.45, 2.75) is 11.9 Å². The lowest BCUT2D eigenvalue weighted by Crippen LogP contribution is -2.04. The van der Waals surface area contributed by atoms with E-state index in [2.05, 4.69) is 9.97 Å². The smallest absolute Gasteiger partial charge is 0.223 e. The Labute approximate surface area is 75.5 Å². The molecule has 0 fully saturated rings.